The minimum Gasteiger partial charge on any atom is -0.379 e. The summed E-state index contributed by atoms with van der Waals surface area (Å²) in [7, 11) is 0. The molecule has 0 aromatic heterocycles. The van der Waals surface area contributed by atoms with Crippen molar-refractivity contribution in [1.29, 1.82) is 0 Å². The van der Waals surface area contributed by atoms with E-state index in [1.165, 1.54) is 5.56 Å². The van der Waals surface area contributed by atoms with Crippen molar-refractivity contribution in [3.05, 3.63) is 34.9 Å². The maximum absolute atomic E-state index is 6.04. The zero-order chi connectivity index (χ0) is 18.1. The monoisotopic (exact) mass is 366 g/mol. The highest BCUT2D eigenvalue weighted by atomic mass is 35.5. The summed E-state index contributed by atoms with van der Waals surface area (Å²) in [6, 6.07) is 8.86. The summed E-state index contributed by atoms with van der Waals surface area (Å²) in [4.78, 5) is 7.23. The maximum atomic E-state index is 6.04. The van der Waals surface area contributed by atoms with Gasteiger partial charge in [-0.3, -0.25) is 9.89 Å². The zero-order valence-electron chi connectivity index (χ0n) is 15.6. The van der Waals surface area contributed by atoms with Gasteiger partial charge in [-0.15, -0.1) is 0 Å². The van der Waals surface area contributed by atoms with Gasteiger partial charge in [-0.1, -0.05) is 23.7 Å². The second kappa shape index (κ2) is 10.6. The fourth-order valence-electron chi connectivity index (χ4n) is 3.08. The highest BCUT2D eigenvalue weighted by molar-refractivity contribution is 6.30. The first-order chi connectivity index (χ1) is 12.1. The molecule has 0 saturated carbocycles. The van der Waals surface area contributed by atoms with Crippen LogP contribution in [0.4, 0.5) is 0 Å². The summed E-state index contributed by atoms with van der Waals surface area (Å²) in [6.07, 6.45) is 0.918. The Labute approximate surface area is 156 Å². The van der Waals surface area contributed by atoms with Crippen LogP contribution in [0.5, 0.6) is 0 Å². The van der Waals surface area contributed by atoms with Crippen LogP contribution in [0, 0.1) is 0 Å². The molecule has 1 aromatic carbocycles. The number of ether oxygens (including phenoxy) is 1. The average Bonchev–Trinajstić information content (AvgIpc) is 2.60. The molecule has 5 nitrogen and oxygen atoms in total. The number of halogens is 1. The maximum Gasteiger partial charge on any atom is 0.191 e. The van der Waals surface area contributed by atoms with E-state index in [9.17, 15) is 0 Å². The lowest BCUT2D eigenvalue weighted by Gasteiger charge is -2.37. The van der Waals surface area contributed by atoms with Gasteiger partial charge in [0.05, 0.1) is 19.8 Å². The van der Waals surface area contributed by atoms with Crippen LogP contribution in [-0.4, -0.2) is 62.3 Å². The van der Waals surface area contributed by atoms with Gasteiger partial charge in [-0.05, 0) is 44.9 Å². The van der Waals surface area contributed by atoms with Crippen molar-refractivity contribution in [2.75, 3.05) is 39.4 Å². The quantitative estimate of drug-likeness (QED) is 0.575. The molecule has 1 aromatic rings. The fraction of sp³-hybridized carbons (Fsp3) is 0.632. The Balaban J connectivity index is 1.82. The third-order valence-electron chi connectivity index (χ3n) is 4.44. The molecule has 2 N–H and O–H groups in total. The second-order valence-corrected chi connectivity index (χ2v) is 6.97. The van der Waals surface area contributed by atoms with Crippen molar-refractivity contribution in [2.45, 2.75) is 39.3 Å². The lowest BCUT2D eigenvalue weighted by molar-refractivity contribution is -0.0165. The van der Waals surface area contributed by atoms with E-state index in [1.54, 1.807) is 0 Å². The van der Waals surface area contributed by atoms with Gasteiger partial charge in [0, 0.05) is 36.7 Å². The Morgan fingerprint density at radius 1 is 1.44 bits per heavy atom. The van der Waals surface area contributed by atoms with Gasteiger partial charge in [0.25, 0.3) is 0 Å². The molecule has 1 aliphatic rings. The van der Waals surface area contributed by atoms with Crippen molar-refractivity contribution in [1.82, 2.24) is 15.5 Å². The van der Waals surface area contributed by atoms with Gasteiger partial charge in [-0.25, -0.2) is 0 Å². The molecule has 2 atom stereocenters. The molecule has 140 valence electrons. The van der Waals surface area contributed by atoms with Crippen LogP contribution >= 0.6 is 11.6 Å². The molecule has 0 amide bonds. The Morgan fingerprint density at radius 3 is 3.00 bits per heavy atom. The first kappa shape index (κ1) is 20.0. The Hall–Kier alpha value is -1.30. The molecule has 2 unspecified atom stereocenters. The van der Waals surface area contributed by atoms with E-state index in [2.05, 4.69) is 42.4 Å². The highest BCUT2D eigenvalue weighted by Gasteiger charge is 2.23. The van der Waals surface area contributed by atoms with Gasteiger partial charge in [0.15, 0.2) is 5.96 Å². The molecular weight excluding hydrogens is 336 g/mol. The van der Waals surface area contributed by atoms with E-state index in [-0.39, 0.29) is 0 Å². The van der Waals surface area contributed by atoms with Gasteiger partial charge in [0.1, 0.15) is 0 Å². The molecule has 1 aliphatic heterocycles. The van der Waals surface area contributed by atoms with Crippen molar-refractivity contribution in [3.63, 3.8) is 0 Å². The summed E-state index contributed by atoms with van der Waals surface area (Å²) in [6.45, 7) is 11.6. The summed E-state index contributed by atoms with van der Waals surface area (Å²) >= 11 is 6.04. The van der Waals surface area contributed by atoms with E-state index in [0.29, 0.717) is 12.1 Å². The molecule has 2 rings (SSSR count). The number of hydrogen-bond acceptors (Lipinski definition) is 3. The van der Waals surface area contributed by atoms with E-state index in [0.717, 1.165) is 56.8 Å². The lowest BCUT2D eigenvalue weighted by atomic mass is 10.1. The summed E-state index contributed by atoms with van der Waals surface area (Å²) in [5.41, 5.74) is 1.23. The van der Waals surface area contributed by atoms with Crippen LogP contribution in [-0.2, 0) is 11.2 Å². The van der Waals surface area contributed by atoms with E-state index in [1.807, 2.05) is 18.2 Å². The first-order valence-corrected chi connectivity index (χ1v) is 9.58. The van der Waals surface area contributed by atoms with E-state index >= 15 is 0 Å². The van der Waals surface area contributed by atoms with Crippen LogP contribution in [0.3, 0.4) is 0 Å². The minimum absolute atomic E-state index is 0.405. The van der Waals surface area contributed by atoms with Crippen LogP contribution < -0.4 is 10.6 Å². The standard InChI is InChI=1S/C19H31ClN4O/c1-4-21-19(22-9-8-17-6-5-7-18(20)12-17)23-13-15(2)24-10-11-25-14-16(24)3/h5-7,12,15-16H,4,8-11,13-14H2,1-3H3,(H2,21,22,23). The number of benzene rings is 1. The molecule has 1 fully saturated rings. The topological polar surface area (TPSA) is 48.9 Å². The van der Waals surface area contributed by atoms with Crippen molar-refractivity contribution >= 4 is 17.6 Å². The van der Waals surface area contributed by atoms with Gasteiger partial charge in [0.2, 0.25) is 0 Å². The van der Waals surface area contributed by atoms with Crippen LogP contribution in [0.2, 0.25) is 5.02 Å². The molecule has 6 heteroatoms. The third kappa shape index (κ3) is 6.84. The predicted octanol–water partition coefficient (Wildman–Crippen LogP) is 2.55. The average molecular weight is 367 g/mol. The fourth-order valence-corrected chi connectivity index (χ4v) is 3.30. The number of rotatable bonds is 7. The van der Waals surface area contributed by atoms with E-state index < -0.39 is 0 Å². The number of hydrogen-bond donors (Lipinski definition) is 2. The van der Waals surface area contributed by atoms with Gasteiger partial charge < -0.3 is 15.4 Å². The normalized spacial score (nSPS) is 20.3. The highest BCUT2D eigenvalue weighted by Crippen LogP contribution is 2.11. The smallest absolute Gasteiger partial charge is 0.191 e. The molecule has 0 bridgehead atoms. The van der Waals surface area contributed by atoms with Gasteiger partial charge >= 0.3 is 0 Å². The lowest BCUT2D eigenvalue weighted by Crippen LogP contribution is -2.49. The summed E-state index contributed by atoms with van der Waals surface area (Å²) < 4.78 is 5.52. The minimum atomic E-state index is 0.405. The number of nitrogens with one attached hydrogen (secondary N) is 2. The number of morpholine rings is 1. The predicted molar refractivity (Wildman–Crippen MR) is 106 cm³/mol. The zero-order valence-corrected chi connectivity index (χ0v) is 16.4. The second-order valence-electron chi connectivity index (χ2n) is 6.54. The molecule has 1 heterocycles. The molecular formula is C19H31ClN4O. The van der Waals surface area contributed by atoms with Crippen molar-refractivity contribution < 1.29 is 4.74 Å². The SMILES string of the molecule is CCNC(=NCC(C)N1CCOCC1C)NCCc1cccc(Cl)c1. The Kier molecular flexibility index (Phi) is 8.52. The van der Waals surface area contributed by atoms with Crippen LogP contribution in [0.15, 0.2) is 29.3 Å². The largest absolute Gasteiger partial charge is 0.379 e. The molecule has 0 aliphatic carbocycles. The van der Waals surface area contributed by atoms with Crippen LogP contribution in [0.25, 0.3) is 0 Å². The number of aliphatic imine (C=N–C) groups is 1. The van der Waals surface area contributed by atoms with Crippen molar-refractivity contribution in [2.24, 2.45) is 4.99 Å². The van der Waals surface area contributed by atoms with Crippen molar-refractivity contribution in [3.8, 4) is 0 Å². The third-order valence-corrected chi connectivity index (χ3v) is 4.67. The number of nitrogens with zero attached hydrogens (tertiary/aromatic N) is 2. The number of guanidine groups is 1. The molecule has 0 radical (unpaired) electrons. The molecule has 0 spiro atoms. The first-order valence-electron chi connectivity index (χ1n) is 9.20. The molecule has 25 heavy (non-hydrogen) atoms. The van der Waals surface area contributed by atoms with Gasteiger partial charge in [-0.2, -0.15) is 0 Å². The molecule has 1 saturated heterocycles. The summed E-state index contributed by atoms with van der Waals surface area (Å²) in [5, 5.41) is 7.51. The summed E-state index contributed by atoms with van der Waals surface area (Å²) in [5.74, 6) is 0.872. The van der Waals surface area contributed by atoms with Crippen LogP contribution in [0.1, 0.15) is 26.3 Å². The Morgan fingerprint density at radius 2 is 2.28 bits per heavy atom. The van der Waals surface area contributed by atoms with E-state index in [4.69, 9.17) is 21.3 Å². The Bertz CT molecular complexity index is 552.